The number of nitrogens with one attached hydrogen (secondary N) is 1. The van der Waals surface area contributed by atoms with Gasteiger partial charge in [0, 0.05) is 10.9 Å². The number of nitrogen functional groups attached to an aromatic ring is 1. The lowest BCUT2D eigenvalue weighted by Crippen LogP contribution is -2.05. The first kappa shape index (κ1) is 9.23. The number of nitrogens with zero attached hydrogens (tertiary/aromatic N) is 1. The molecule has 0 aliphatic rings. The molecule has 5 heteroatoms. The lowest BCUT2D eigenvalue weighted by Gasteiger charge is -1.91. The molecule has 2 aromatic rings. The van der Waals surface area contributed by atoms with Crippen molar-refractivity contribution in [2.75, 3.05) is 5.43 Å². The van der Waals surface area contributed by atoms with E-state index in [1.165, 1.54) is 11.3 Å². The summed E-state index contributed by atoms with van der Waals surface area (Å²) in [4.78, 5) is 4.30. The predicted octanol–water partition coefficient (Wildman–Crippen LogP) is 2.31. The molecular formula is C9H11N3OS. The van der Waals surface area contributed by atoms with E-state index in [2.05, 4.69) is 10.4 Å². The summed E-state index contributed by atoms with van der Waals surface area (Å²) in [6, 6.07) is 1.98. The van der Waals surface area contributed by atoms with Gasteiger partial charge in [-0.3, -0.25) is 5.43 Å². The first-order valence-corrected chi connectivity index (χ1v) is 5.08. The number of rotatable bonds is 2. The molecule has 0 spiro atoms. The third-order valence-electron chi connectivity index (χ3n) is 1.94. The molecule has 0 atom stereocenters. The first-order valence-electron chi connectivity index (χ1n) is 4.20. The maximum absolute atomic E-state index is 5.42. The molecule has 0 aromatic carbocycles. The number of aryl methyl sites for hydroxylation is 2. The molecule has 4 nitrogen and oxygen atoms in total. The van der Waals surface area contributed by atoms with Gasteiger partial charge in [-0.2, -0.15) is 0 Å². The average Bonchev–Trinajstić information content (AvgIpc) is 2.71. The van der Waals surface area contributed by atoms with Crippen LogP contribution < -0.4 is 11.3 Å². The Morgan fingerprint density at radius 1 is 1.50 bits per heavy atom. The molecule has 3 N–H and O–H groups in total. The van der Waals surface area contributed by atoms with Crippen LogP contribution in [0.4, 0.5) is 5.13 Å². The Bertz CT molecular complexity index is 447. The van der Waals surface area contributed by atoms with Gasteiger partial charge in [-0.25, -0.2) is 10.8 Å². The molecule has 14 heavy (non-hydrogen) atoms. The van der Waals surface area contributed by atoms with E-state index in [0.717, 1.165) is 22.8 Å². The molecule has 0 radical (unpaired) electrons. The highest BCUT2D eigenvalue weighted by Crippen LogP contribution is 2.28. The summed E-state index contributed by atoms with van der Waals surface area (Å²) < 4.78 is 5.42. The minimum atomic E-state index is 0.707. The van der Waals surface area contributed by atoms with E-state index in [9.17, 15) is 0 Å². The fraction of sp³-hybridized carbons (Fsp3) is 0.222. The minimum absolute atomic E-state index is 0.707. The van der Waals surface area contributed by atoms with Crippen molar-refractivity contribution in [3.05, 3.63) is 23.0 Å². The van der Waals surface area contributed by atoms with Crippen molar-refractivity contribution in [2.24, 2.45) is 5.84 Å². The van der Waals surface area contributed by atoms with Crippen molar-refractivity contribution in [2.45, 2.75) is 13.8 Å². The van der Waals surface area contributed by atoms with Crippen LogP contribution >= 0.6 is 11.3 Å². The Morgan fingerprint density at radius 3 is 2.79 bits per heavy atom. The van der Waals surface area contributed by atoms with Crippen molar-refractivity contribution < 1.29 is 4.42 Å². The van der Waals surface area contributed by atoms with Gasteiger partial charge in [0.1, 0.15) is 11.5 Å². The predicted molar refractivity (Wildman–Crippen MR) is 57.1 cm³/mol. The van der Waals surface area contributed by atoms with E-state index in [1.807, 2.05) is 25.3 Å². The van der Waals surface area contributed by atoms with Crippen LogP contribution in [0.25, 0.3) is 11.3 Å². The highest BCUT2D eigenvalue weighted by atomic mass is 32.1. The maximum atomic E-state index is 5.42. The largest absolute Gasteiger partial charge is 0.466 e. The number of thiazole rings is 1. The van der Waals surface area contributed by atoms with E-state index in [4.69, 9.17) is 10.3 Å². The van der Waals surface area contributed by atoms with Gasteiger partial charge in [-0.1, -0.05) is 0 Å². The van der Waals surface area contributed by atoms with Crippen LogP contribution in [0.3, 0.4) is 0 Å². The molecule has 2 heterocycles. The molecule has 0 fully saturated rings. The number of hydrogen-bond acceptors (Lipinski definition) is 5. The smallest absolute Gasteiger partial charge is 0.197 e. The van der Waals surface area contributed by atoms with Crippen molar-refractivity contribution in [1.29, 1.82) is 0 Å². The van der Waals surface area contributed by atoms with E-state index in [0.29, 0.717) is 5.13 Å². The van der Waals surface area contributed by atoms with Gasteiger partial charge in [0.2, 0.25) is 0 Å². The second-order valence-corrected chi connectivity index (χ2v) is 3.87. The number of nitrogens with two attached hydrogens (primary N) is 1. The Hall–Kier alpha value is -1.33. The SMILES string of the molecule is Cc1cc(-c2csc(NN)n2)c(C)o1. The lowest BCUT2D eigenvalue weighted by molar-refractivity contribution is 0.505. The number of furan rings is 1. The quantitative estimate of drug-likeness (QED) is 0.588. The normalized spacial score (nSPS) is 10.5. The zero-order chi connectivity index (χ0) is 10.1. The first-order chi connectivity index (χ1) is 6.70. The molecule has 2 rings (SSSR count). The summed E-state index contributed by atoms with van der Waals surface area (Å²) in [5.74, 6) is 7.04. The molecule has 0 unspecified atom stereocenters. The van der Waals surface area contributed by atoms with Gasteiger partial charge in [0.15, 0.2) is 5.13 Å². The van der Waals surface area contributed by atoms with E-state index >= 15 is 0 Å². The zero-order valence-electron chi connectivity index (χ0n) is 8.00. The summed E-state index contributed by atoms with van der Waals surface area (Å²) in [5, 5.41) is 2.66. The summed E-state index contributed by atoms with van der Waals surface area (Å²) in [5.41, 5.74) is 4.45. The highest BCUT2D eigenvalue weighted by molar-refractivity contribution is 7.14. The lowest BCUT2D eigenvalue weighted by atomic mass is 10.2. The third kappa shape index (κ3) is 1.51. The van der Waals surface area contributed by atoms with Gasteiger partial charge in [0.25, 0.3) is 0 Å². The zero-order valence-corrected chi connectivity index (χ0v) is 8.81. The molecule has 0 bridgehead atoms. The Morgan fingerprint density at radius 2 is 2.29 bits per heavy atom. The van der Waals surface area contributed by atoms with Crippen LogP contribution in [0.5, 0.6) is 0 Å². The van der Waals surface area contributed by atoms with Gasteiger partial charge < -0.3 is 4.42 Å². The highest BCUT2D eigenvalue weighted by Gasteiger charge is 2.10. The Kier molecular flexibility index (Phi) is 2.26. The van der Waals surface area contributed by atoms with Gasteiger partial charge >= 0.3 is 0 Å². The number of aromatic nitrogens is 1. The van der Waals surface area contributed by atoms with E-state index in [-0.39, 0.29) is 0 Å². The van der Waals surface area contributed by atoms with E-state index < -0.39 is 0 Å². The fourth-order valence-electron chi connectivity index (χ4n) is 1.35. The Balaban J connectivity index is 2.43. The van der Waals surface area contributed by atoms with E-state index in [1.54, 1.807) is 0 Å². The molecule has 0 saturated carbocycles. The molecule has 2 aromatic heterocycles. The second-order valence-electron chi connectivity index (χ2n) is 3.01. The molecule has 0 aliphatic carbocycles. The van der Waals surface area contributed by atoms with Crippen molar-refractivity contribution in [1.82, 2.24) is 4.98 Å². The van der Waals surface area contributed by atoms with Crippen LogP contribution in [0.2, 0.25) is 0 Å². The summed E-state index contributed by atoms with van der Waals surface area (Å²) in [7, 11) is 0. The van der Waals surface area contributed by atoms with Gasteiger partial charge in [-0.15, -0.1) is 11.3 Å². The number of anilines is 1. The average molecular weight is 209 g/mol. The van der Waals surface area contributed by atoms with Gasteiger partial charge in [0.05, 0.1) is 5.69 Å². The summed E-state index contributed by atoms with van der Waals surface area (Å²) in [6.45, 7) is 3.85. The fourth-order valence-corrected chi connectivity index (χ4v) is 1.97. The number of hydrogen-bond donors (Lipinski definition) is 2. The third-order valence-corrected chi connectivity index (χ3v) is 2.72. The van der Waals surface area contributed by atoms with Crippen LogP contribution in [0.15, 0.2) is 15.9 Å². The maximum Gasteiger partial charge on any atom is 0.197 e. The van der Waals surface area contributed by atoms with Crippen LogP contribution in [-0.2, 0) is 0 Å². The molecule has 0 amide bonds. The molecule has 0 saturated heterocycles. The van der Waals surface area contributed by atoms with Crippen molar-refractivity contribution in [3.63, 3.8) is 0 Å². The molecular weight excluding hydrogens is 198 g/mol. The standard InChI is InChI=1S/C9H11N3OS/c1-5-3-7(6(2)13-5)8-4-14-9(11-8)12-10/h3-4H,10H2,1-2H3,(H,11,12). The van der Waals surface area contributed by atoms with Gasteiger partial charge in [-0.05, 0) is 19.9 Å². The summed E-state index contributed by atoms with van der Waals surface area (Å²) in [6.07, 6.45) is 0. The molecule has 74 valence electrons. The molecule has 0 aliphatic heterocycles. The Labute approximate surface area is 85.7 Å². The topological polar surface area (TPSA) is 64.1 Å². The van der Waals surface area contributed by atoms with Crippen molar-refractivity contribution >= 4 is 16.5 Å². The number of hydrazine groups is 1. The van der Waals surface area contributed by atoms with Crippen LogP contribution in [-0.4, -0.2) is 4.98 Å². The summed E-state index contributed by atoms with van der Waals surface area (Å²) >= 11 is 1.47. The monoisotopic (exact) mass is 209 g/mol. The van der Waals surface area contributed by atoms with Crippen LogP contribution in [0.1, 0.15) is 11.5 Å². The van der Waals surface area contributed by atoms with Crippen molar-refractivity contribution in [3.8, 4) is 11.3 Å². The minimum Gasteiger partial charge on any atom is -0.466 e. The second kappa shape index (κ2) is 3.43. The van der Waals surface area contributed by atoms with Crippen LogP contribution in [0, 0.1) is 13.8 Å².